The number of aliphatic hydroxyl groups excluding tert-OH is 1. The molecule has 5 heteroatoms. The van der Waals surface area contributed by atoms with Crippen molar-refractivity contribution in [2.45, 2.75) is 38.5 Å². The van der Waals surface area contributed by atoms with E-state index in [0.717, 1.165) is 19.5 Å². The summed E-state index contributed by atoms with van der Waals surface area (Å²) in [7, 11) is 0. The maximum absolute atomic E-state index is 12.5. The van der Waals surface area contributed by atoms with E-state index < -0.39 is 11.7 Å². The fourth-order valence-electron chi connectivity index (χ4n) is 3.33. The van der Waals surface area contributed by atoms with Crippen molar-refractivity contribution in [1.82, 2.24) is 10.2 Å². The van der Waals surface area contributed by atoms with Gasteiger partial charge < -0.3 is 15.2 Å². The van der Waals surface area contributed by atoms with Gasteiger partial charge in [-0.05, 0) is 43.5 Å². The third kappa shape index (κ3) is 5.31. The minimum absolute atomic E-state index is 0.207. The molecule has 0 aliphatic carbocycles. The number of aliphatic hydroxyl groups is 1. The van der Waals surface area contributed by atoms with Gasteiger partial charge in [0.2, 0.25) is 0 Å². The summed E-state index contributed by atoms with van der Waals surface area (Å²) < 4.78 is 5.78. The summed E-state index contributed by atoms with van der Waals surface area (Å²) >= 11 is 0. The van der Waals surface area contributed by atoms with Gasteiger partial charge in [0.15, 0.2) is 5.60 Å². The number of nitrogens with zero attached hydrogens (tertiary/aromatic N) is 1. The van der Waals surface area contributed by atoms with Crippen molar-refractivity contribution in [2.24, 2.45) is 0 Å². The Hall–Kier alpha value is -2.37. The number of fused-ring (bicyclic) bond motifs is 1. The summed E-state index contributed by atoms with van der Waals surface area (Å²) in [5, 5.41) is 13.2. The minimum Gasteiger partial charge on any atom is -0.478 e. The second-order valence-corrected chi connectivity index (χ2v) is 7.54. The van der Waals surface area contributed by atoms with Crippen LogP contribution in [-0.2, 0) is 17.8 Å². The Morgan fingerprint density at radius 1 is 1.15 bits per heavy atom. The number of carbonyl (C=O) groups is 1. The molecule has 2 aromatic rings. The van der Waals surface area contributed by atoms with Gasteiger partial charge in [-0.3, -0.25) is 9.69 Å². The molecule has 0 saturated carbocycles. The van der Waals surface area contributed by atoms with Gasteiger partial charge in [-0.15, -0.1) is 0 Å². The van der Waals surface area contributed by atoms with Gasteiger partial charge in [0.25, 0.3) is 5.91 Å². The molecule has 0 saturated heterocycles. The van der Waals surface area contributed by atoms with Crippen LogP contribution in [-0.4, -0.2) is 47.3 Å². The highest BCUT2D eigenvalue weighted by atomic mass is 16.5. The number of β-amino-alcohol motifs (C(OH)–C–C–N with tert-alkyl or cyclic N) is 1. The van der Waals surface area contributed by atoms with E-state index in [1.54, 1.807) is 13.8 Å². The molecule has 144 valence electrons. The van der Waals surface area contributed by atoms with E-state index in [1.807, 2.05) is 36.4 Å². The van der Waals surface area contributed by atoms with E-state index in [2.05, 4.69) is 28.4 Å². The summed E-state index contributed by atoms with van der Waals surface area (Å²) in [6, 6.07) is 17.7. The average molecular weight is 368 g/mol. The van der Waals surface area contributed by atoms with E-state index in [4.69, 9.17) is 4.74 Å². The first kappa shape index (κ1) is 19.4. The van der Waals surface area contributed by atoms with Crippen molar-refractivity contribution < 1.29 is 14.6 Å². The highest BCUT2D eigenvalue weighted by Gasteiger charge is 2.30. The fourth-order valence-corrected chi connectivity index (χ4v) is 3.33. The number of ether oxygens (including phenoxy) is 1. The summed E-state index contributed by atoms with van der Waals surface area (Å²) in [5.41, 5.74) is 1.69. The molecule has 1 aliphatic rings. The van der Waals surface area contributed by atoms with Crippen LogP contribution in [0.5, 0.6) is 5.75 Å². The van der Waals surface area contributed by atoms with Crippen molar-refractivity contribution in [3.8, 4) is 5.75 Å². The van der Waals surface area contributed by atoms with E-state index in [9.17, 15) is 9.90 Å². The molecule has 0 spiro atoms. The number of hydrogen-bond acceptors (Lipinski definition) is 4. The molecule has 0 radical (unpaired) electrons. The van der Waals surface area contributed by atoms with E-state index >= 15 is 0 Å². The maximum Gasteiger partial charge on any atom is 0.263 e. The smallest absolute Gasteiger partial charge is 0.263 e. The SMILES string of the molecule is CC(C)(Oc1ccccc1)C(=O)NCC(O)CN1CCc2ccccc2C1. The number of amides is 1. The van der Waals surface area contributed by atoms with Gasteiger partial charge >= 0.3 is 0 Å². The van der Waals surface area contributed by atoms with Crippen LogP contribution in [0.1, 0.15) is 25.0 Å². The summed E-state index contributed by atoms with van der Waals surface area (Å²) in [6.45, 7) is 5.95. The molecule has 3 rings (SSSR count). The Balaban J connectivity index is 1.46. The van der Waals surface area contributed by atoms with Gasteiger partial charge in [0.1, 0.15) is 5.75 Å². The quantitative estimate of drug-likeness (QED) is 0.788. The Bertz CT molecular complexity index is 761. The average Bonchev–Trinajstić information content (AvgIpc) is 2.66. The molecule has 27 heavy (non-hydrogen) atoms. The second kappa shape index (κ2) is 8.55. The predicted molar refractivity (Wildman–Crippen MR) is 106 cm³/mol. The number of nitrogens with one attached hydrogen (secondary N) is 1. The summed E-state index contributed by atoms with van der Waals surface area (Å²) in [4.78, 5) is 14.7. The molecule has 1 amide bonds. The lowest BCUT2D eigenvalue weighted by molar-refractivity contribution is -0.134. The van der Waals surface area contributed by atoms with Crippen LogP contribution < -0.4 is 10.1 Å². The third-order valence-electron chi connectivity index (χ3n) is 4.84. The maximum atomic E-state index is 12.5. The molecule has 0 bridgehead atoms. The van der Waals surface area contributed by atoms with Crippen LogP contribution in [0, 0.1) is 0 Å². The van der Waals surface area contributed by atoms with Crippen molar-refractivity contribution in [2.75, 3.05) is 19.6 Å². The van der Waals surface area contributed by atoms with Gasteiger partial charge in [-0.2, -0.15) is 0 Å². The van der Waals surface area contributed by atoms with Crippen LogP contribution in [0.4, 0.5) is 0 Å². The van der Waals surface area contributed by atoms with Gasteiger partial charge in [0.05, 0.1) is 6.10 Å². The zero-order chi connectivity index (χ0) is 19.3. The van der Waals surface area contributed by atoms with Crippen LogP contribution in [0.15, 0.2) is 54.6 Å². The van der Waals surface area contributed by atoms with Crippen LogP contribution in [0.3, 0.4) is 0 Å². The highest BCUT2D eigenvalue weighted by molar-refractivity contribution is 5.84. The minimum atomic E-state index is -1.01. The van der Waals surface area contributed by atoms with Crippen LogP contribution in [0.2, 0.25) is 0 Å². The highest BCUT2D eigenvalue weighted by Crippen LogP contribution is 2.19. The van der Waals surface area contributed by atoms with Crippen molar-refractivity contribution >= 4 is 5.91 Å². The number of para-hydroxylation sites is 1. The summed E-state index contributed by atoms with van der Waals surface area (Å²) in [6.07, 6.45) is 0.374. The van der Waals surface area contributed by atoms with Crippen LogP contribution in [0.25, 0.3) is 0 Å². The van der Waals surface area contributed by atoms with Gasteiger partial charge in [0, 0.05) is 26.2 Å². The van der Waals surface area contributed by atoms with Crippen molar-refractivity contribution in [3.63, 3.8) is 0 Å². The monoisotopic (exact) mass is 368 g/mol. The van der Waals surface area contributed by atoms with E-state index in [1.165, 1.54) is 11.1 Å². The third-order valence-corrected chi connectivity index (χ3v) is 4.84. The molecular formula is C22H28N2O3. The first-order chi connectivity index (χ1) is 12.9. The molecule has 0 aromatic heterocycles. The molecule has 0 fully saturated rings. The fraction of sp³-hybridized carbons (Fsp3) is 0.409. The lowest BCUT2D eigenvalue weighted by Gasteiger charge is -2.31. The molecule has 1 heterocycles. The Morgan fingerprint density at radius 2 is 1.81 bits per heavy atom. The summed E-state index contributed by atoms with van der Waals surface area (Å²) in [5.74, 6) is 0.402. The number of rotatable bonds is 7. The Labute approximate surface area is 161 Å². The lowest BCUT2D eigenvalue weighted by Crippen LogP contribution is -2.50. The molecule has 5 nitrogen and oxygen atoms in total. The molecule has 2 aromatic carbocycles. The molecule has 1 unspecified atom stereocenters. The zero-order valence-electron chi connectivity index (χ0n) is 16.0. The number of benzene rings is 2. The topological polar surface area (TPSA) is 61.8 Å². The number of hydrogen-bond donors (Lipinski definition) is 2. The second-order valence-electron chi connectivity index (χ2n) is 7.54. The van der Waals surface area contributed by atoms with Crippen molar-refractivity contribution in [1.29, 1.82) is 0 Å². The molecule has 1 aliphatic heterocycles. The van der Waals surface area contributed by atoms with Crippen LogP contribution >= 0.6 is 0 Å². The van der Waals surface area contributed by atoms with E-state index in [0.29, 0.717) is 12.3 Å². The van der Waals surface area contributed by atoms with Crippen molar-refractivity contribution in [3.05, 3.63) is 65.7 Å². The normalized spacial score (nSPS) is 15.7. The lowest BCUT2D eigenvalue weighted by atomic mass is 10.00. The largest absolute Gasteiger partial charge is 0.478 e. The molecular weight excluding hydrogens is 340 g/mol. The molecule has 2 N–H and O–H groups in total. The first-order valence-electron chi connectivity index (χ1n) is 9.43. The Kier molecular flexibility index (Phi) is 6.14. The number of carbonyl (C=O) groups excluding carboxylic acids is 1. The van der Waals surface area contributed by atoms with E-state index in [-0.39, 0.29) is 12.5 Å². The zero-order valence-corrected chi connectivity index (χ0v) is 16.0. The Morgan fingerprint density at radius 3 is 2.56 bits per heavy atom. The standard InChI is InChI=1S/C22H28N2O3/c1-22(2,27-20-10-4-3-5-11-20)21(26)23-14-19(25)16-24-13-12-17-8-6-7-9-18(17)15-24/h3-11,19,25H,12-16H2,1-2H3,(H,23,26). The van der Waals surface area contributed by atoms with Gasteiger partial charge in [-0.25, -0.2) is 0 Å². The van der Waals surface area contributed by atoms with Gasteiger partial charge in [-0.1, -0.05) is 42.5 Å². The molecule has 1 atom stereocenters. The first-order valence-corrected chi connectivity index (χ1v) is 9.43. The predicted octanol–water partition coefficient (Wildman–Crippen LogP) is 2.38.